The summed E-state index contributed by atoms with van der Waals surface area (Å²) in [5.41, 5.74) is 13.9. The second-order valence-electron chi connectivity index (χ2n) is 8.21. The van der Waals surface area contributed by atoms with Gasteiger partial charge in [0.15, 0.2) is 11.6 Å². The molecule has 0 fully saturated rings. The van der Waals surface area contributed by atoms with Crippen LogP contribution in [0.2, 0.25) is 0 Å². The van der Waals surface area contributed by atoms with E-state index < -0.39 is 12.3 Å². The number of ketones is 2. The molecule has 36 heavy (non-hydrogen) atoms. The summed E-state index contributed by atoms with van der Waals surface area (Å²) in [4.78, 5) is 24.2. The van der Waals surface area contributed by atoms with Gasteiger partial charge < -0.3 is 20.7 Å². The smallest absolute Gasteiger partial charge is 0.159 e. The minimum Gasteiger partial charge on any atom is -0.485 e. The quantitative estimate of drug-likeness (QED) is 0.103. The number of halogens is 1. The maximum absolute atomic E-state index is 12.3. The van der Waals surface area contributed by atoms with Crippen LogP contribution < -0.4 is 5.73 Å². The fraction of sp³-hybridized carbons (Fsp3) is 0.310. The topological polar surface area (TPSA) is 110 Å². The molecule has 2 rings (SSSR count). The van der Waals surface area contributed by atoms with Crippen LogP contribution in [0.15, 0.2) is 94.7 Å². The highest BCUT2D eigenvalue weighted by Crippen LogP contribution is 2.23. The number of aliphatic hydroxyl groups is 2. The second kappa shape index (κ2) is 15.4. The van der Waals surface area contributed by atoms with Crippen LogP contribution >= 0.6 is 22.6 Å². The van der Waals surface area contributed by atoms with Gasteiger partial charge in [-0.2, -0.15) is 0 Å². The van der Waals surface area contributed by atoms with Crippen molar-refractivity contribution in [1.82, 2.24) is 0 Å². The van der Waals surface area contributed by atoms with E-state index in [1.807, 2.05) is 31.2 Å². The number of hydrogen-bond donors (Lipinski definition) is 3. The molecule has 0 spiro atoms. The summed E-state index contributed by atoms with van der Waals surface area (Å²) in [7, 11) is 0. The lowest BCUT2D eigenvalue weighted by molar-refractivity contribution is -0.115. The molecule has 1 aromatic rings. The Hall–Kier alpha value is -2.77. The van der Waals surface area contributed by atoms with E-state index >= 15 is 0 Å². The highest BCUT2D eigenvalue weighted by atomic mass is 127. The van der Waals surface area contributed by atoms with E-state index in [1.54, 1.807) is 24.3 Å². The van der Waals surface area contributed by atoms with Crippen molar-refractivity contribution in [2.75, 3.05) is 6.61 Å². The number of carbonyl (C=O) groups excluding carboxylic acids is 2. The Balaban J connectivity index is 2.26. The second-order valence-corrected chi connectivity index (χ2v) is 9.45. The molecule has 1 heterocycles. The van der Waals surface area contributed by atoms with Crippen molar-refractivity contribution in [3.63, 3.8) is 0 Å². The predicted molar refractivity (Wildman–Crippen MR) is 149 cm³/mol. The molecular formula is C29H32INO5. The molecule has 0 amide bonds. The summed E-state index contributed by atoms with van der Waals surface area (Å²) in [6, 6.07) is 7.70. The van der Waals surface area contributed by atoms with Crippen LogP contribution in [0.3, 0.4) is 0 Å². The summed E-state index contributed by atoms with van der Waals surface area (Å²) >= 11 is 2.22. The first-order chi connectivity index (χ1) is 17.2. The predicted octanol–water partition coefficient (Wildman–Crippen LogP) is 4.90. The standard InChI is InChI=1S/C29H32INO5/c1-3-4-7-25(33)17-22(18-27(20(2)32)29(31)35)9-15-26-14-8-21(6-5-16-36-26)19-28(34)23-10-12-24(30)13-11-23/h4-5,7-13,18,28-29,34-35H,3,15-17,19,31H2,1-2H3/b7-4+,22-9-,27-18+/t6?,14?,28-,29?/m0/s1. The lowest BCUT2D eigenvalue weighted by Gasteiger charge is -2.12. The zero-order valence-corrected chi connectivity index (χ0v) is 22.7. The molecule has 0 aliphatic carbocycles. The number of aliphatic hydroxyl groups excluding tert-OH is 2. The van der Waals surface area contributed by atoms with Crippen molar-refractivity contribution in [3.8, 4) is 0 Å². The Morgan fingerprint density at radius 1 is 1.22 bits per heavy atom. The Bertz CT molecular complexity index is 1160. The number of carbonyl (C=O) groups is 2. The van der Waals surface area contributed by atoms with Crippen LogP contribution in [0.5, 0.6) is 0 Å². The molecule has 2 atom stereocenters. The van der Waals surface area contributed by atoms with Gasteiger partial charge in [-0.1, -0.05) is 36.9 Å². The van der Waals surface area contributed by atoms with E-state index in [0.717, 1.165) is 21.1 Å². The largest absolute Gasteiger partial charge is 0.485 e. The van der Waals surface area contributed by atoms with Gasteiger partial charge in [-0.05, 0) is 83.5 Å². The third kappa shape index (κ3) is 10.5. The van der Waals surface area contributed by atoms with Crippen LogP contribution in [-0.4, -0.2) is 34.6 Å². The first-order valence-electron chi connectivity index (χ1n) is 11.7. The van der Waals surface area contributed by atoms with Crippen molar-refractivity contribution in [2.24, 2.45) is 5.73 Å². The molecule has 0 radical (unpaired) electrons. The number of benzene rings is 1. The molecule has 1 aliphatic heterocycles. The highest BCUT2D eigenvalue weighted by Gasteiger charge is 2.13. The van der Waals surface area contributed by atoms with Crippen LogP contribution in [-0.2, 0) is 14.3 Å². The maximum atomic E-state index is 12.3. The monoisotopic (exact) mass is 601 g/mol. The summed E-state index contributed by atoms with van der Waals surface area (Å²) in [5, 5.41) is 20.4. The number of Topliss-reactive ketones (excluding diaryl/α,β-unsaturated/α-hetero) is 1. The average Bonchev–Trinajstić information content (AvgIpc) is 2.82. The minimum absolute atomic E-state index is 0.0226. The summed E-state index contributed by atoms with van der Waals surface area (Å²) in [5.74, 6) is 0.0177. The first kappa shape index (κ1) is 29.5. The van der Waals surface area contributed by atoms with E-state index in [2.05, 4.69) is 34.1 Å². The zero-order chi connectivity index (χ0) is 26.5. The summed E-state index contributed by atoms with van der Waals surface area (Å²) < 4.78 is 6.83. The number of hydrogen-bond acceptors (Lipinski definition) is 6. The SMILES string of the molecule is CC/C=C/C(=O)CC(=C/CC1=C=CC(C[C@H](O)c2ccc(I)cc2)=C=CCO1)/C=C(\C(C)=O)C(N)O. The fourth-order valence-electron chi connectivity index (χ4n) is 3.32. The normalized spacial score (nSPS) is 16.1. The van der Waals surface area contributed by atoms with Crippen LogP contribution in [0.1, 0.15) is 51.2 Å². The lowest BCUT2D eigenvalue weighted by Crippen LogP contribution is -2.25. The molecule has 190 valence electrons. The van der Waals surface area contributed by atoms with E-state index in [4.69, 9.17) is 10.5 Å². The van der Waals surface area contributed by atoms with Gasteiger partial charge in [0.25, 0.3) is 0 Å². The van der Waals surface area contributed by atoms with Gasteiger partial charge in [-0.25, -0.2) is 0 Å². The summed E-state index contributed by atoms with van der Waals surface area (Å²) in [6.45, 7) is 3.52. The van der Waals surface area contributed by atoms with E-state index in [1.165, 1.54) is 19.1 Å². The van der Waals surface area contributed by atoms with Gasteiger partial charge in [0.1, 0.15) is 18.6 Å². The van der Waals surface area contributed by atoms with Crippen molar-refractivity contribution in [3.05, 3.63) is 104 Å². The molecule has 1 aromatic carbocycles. The van der Waals surface area contributed by atoms with E-state index in [-0.39, 0.29) is 30.2 Å². The van der Waals surface area contributed by atoms with Crippen molar-refractivity contribution < 1.29 is 24.5 Å². The third-order valence-electron chi connectivity index (χ3n) is 5.24. The molecule has 6 nitrogen and oxygen atoms in total. The molecule has 0 saturated carbocycles. The van der Waals surface area contributed by atoms with Gasteiger partial charge in [0.05, 0.1) is 6.10 Å². The number of ether oxygens (including phenoxy) is 1. The van der Waals surface area contributed by atoms with Crippen LogP contribution in [0.25, 0.3) is 0 Å². The number of rotatable bonds is 12. The zero-order valence-electron chi connectivity index (χ0n) is 20.5. The van der Waals surface area contributed by atoms with Crippen LogP contribution in [0, 0.1) is 3.57 Å². The van der Waals surface area contributed by atoms with Gasteiger partial charge in [-0.15, -0.1) is 5.73 Å². The summed E-state index contributed by atoms with van der Waals surface area (Å²) in [6.07, 6.45) is 9.29. The van der Waals surface area contributed by atoms with Gasteiger partial charge in [-0.3, -0.25) is 9.59 Å². The van der Waals surface area contributed by atoms with E-state index in [9.17, 15) is 19.8 Å². The Kier molecular flexibility index (Phi) is 12.6. The van der Waals surface area contributed by atoms with Gasteiger partial charge >= 0.3 is 0 Å². The van der Waals surface area contributed by atoms with Crippen molar-refractivity contribution >= 4 is 34.2 Å². The van der Waals surface area contributed by atoms with E-state index in [0.29, 0.717) is 24.2 Å². The molecule has 0 saturated heterocycles. The molecule has 4 N–H and O–H groups in total. The molecule has 1 aliphatic rings. The lowest BCUT2D eigenvalue weighted by atomic mass is 10.0. The molecular weight excluding hydrogens is 569 g/mol. The third-order valence-corrected chi connectivity index (χ3v) is 5.96. The fourth-order valence-corrected chi connectivity index (χ4v) is 3.68. The van der Waals surface area contributed by atoms with Crippen LogP contribution in [0.4, 0.5) is 0 Å². The maximum Gasteiger partial charge on any atom is 0.159 e. The molecule has 1 unspecified atom stereocenters. The van der Waals surface area contributed by atoms with Gasteiger partial charge in [0.2, 0.25) is 0 Å². The first-order valence-corrected chi connectivity index (χ1v) is 12.8. The van der Waals surface area contributed by atoms with Gasteiger partial charge in [0, 0.05) is 34.0 Å². The molecule has 0 aromatic heterocycles. The Labute approximate surface area is 226 Å². The Morgan fingerprint density at radius 2 is 1.94 bits per heavy atom. The minimum atomic E-state index is -1.44. The Morgan fingerprint density at radius 3 is 2.58 bits per heavy atom. The average molecular weight is 601 g/mol. The molecule has 7 heteroatoms. The molecule has 0 bridgehead atoms. The highest BCUT2D eigenvalue weighted by molar-refractivity contribution is 14.1. The van der Waals surface area contributed by atoms with Crippen molar-refractivity contribution in [2.45, 2.75) is 51.9 Å². The number of nitrogens with two attached hydrogens (primary N) is 1. The van der Waals surface area contributed by atoms with Crippen molar-refractivity contribution in [1.29, 1.82) is 0 Å². The number of allylic oxidation sites excluding steroid dienone is 5.